The molecule has 3 unspecified atom stereocenters. The number of hydrogen-bond acceptors (Lipinski definition) is 10. The molecule has 0 aromatic carbocycles. The Balaban J connectivity index is 1.70. The Morgan fingerprint density at radius 2 is 1.86 bits per heavy atom. The molecule has 0 fully saturated rings. The molecule has 194 valence electrons. The lowest BCUT2D eigenvalue weighted by Crippen LogP contribution is -2.33. The molecule has 14 heteroatoms. The standard InChI is InChI=1S/C23H24ClFN8O3S/c1-13(15-8-17(25)12-26-9-15)33-22(18-6-5-7-19(29-18)35-3)30-31-23(33)32-37(34)14(2)20(36-4)21-27-10-16(24)11-28-21/h5-14,20H,1-4H3,(H,31,32)/t13-,14?,20?,37?/m0/s1. The van der Waals surface area contributed by atoms with Gasteiger partial charge in [0.15, 0.2) is 23.0 Å². The van der Waals surface area contributed by atoms with Crippen molar-refractivity contribution in [1.82, 2.24) is 34.7 Å². The van der Waals surface area contributed by atoms with E-state index >= 15 is 0 Å². The summed E-state index contributed by atoms with van der Waals surface area (Å²) in [6, 6.07) is 6.06. The molecule has 0 spiro atoms. The van der Waals surface area contributed by atoms with Crippen molar-refractivity contribution >= 4 is 28.9 Å². The summed E-state index contributed by atoms with van der Waals surface area (Å²) in [5, 5.41) is 8.29. The number of halogens is 2. The van der Waals surface area contributed by atoms with E-state index in [4.69, 9.17) is 21.1 Å². The van der Waals surface area contributed by atoms with Gasteiger partial charge in [-0.1, -0.05) is 17.7 Å². The molecule has 0 aliphatic heterocycles. The van der Waals surface area contributed by atoms with Crippen molar-refractivity contribution in [2.75, 3.05) is 18.9 Å². The van der Waals surface area contributed by atoms with E-state index in [-0.39, 0.29) is 5.95 Å². The molecule has 37 heavy (non-hydrogen) atoms. The highest BCUT2D eigenvalue weighted by Gasteiger charge is 2.34. The van der Waals surface area contributed by atoms with E-state index in [0.29, 0.717) is 33.8 Å². The Hall–Kier alpha value is -3.39. The molecule has 4 rings (SSSR count). The van der Waals surface area contributed by atoms with E-state index in [9.17, 15) is 8.94 Å². The Kier molecular flexibility index (Phi) is 8.48. The Morgan fingerprint density at radius 1 is 1.11 bits per heavy atom. The fourth-order valence-electron chi connectivity index (χ4n) is 3.63. The minimum absolute atomic E-state index is 0.174. The molecule has 4 heterocycles. The molecule has 0 bridgehead atoms. The van der Waals surface area contributed by atoms with Crippen LogP contribution in [0.5, 0.6) is 5.88 Å². The number of ether oxygens (including phenoxy) is 2. The molecule has 4 aromatic heterocycles. The fraction of sp³-hybridized carbons (Fsp3) is 0.304. The lowest BCUT2D eigenvalue weighted by Gasteiger charge is -2.25. The third kappa shape index (κ3) is 5.96. The summed E-state index contributed by atoms with van der Waals surface area (Å²) in [5.74, 6) is 0.748. The highest BCUT2D eigenvalue weighted by atomic mass is 35.5. The molecule has 11 nitrogen and oxygen atoms in total. The van der Waals surface area contributed by atoms with Gasteiger partial charge in [0.25, 0.3) is 5.95 Å². The molecule has 4 aromatic rings. The summed E-state index contributed by atoms with van der Waals surface area (Å²) in [6.45, 7) is 3.54. The maximum atomic E-state index is 14.0. The van der Waals surface area contributed by atoms with Gasteiger partial charge in [-0.05, 0) is 31.5 Å². The van der Waals surface area contributed by atoms with E-state index in [2.05, 4.69) is 34.9 Å². The SMILES string of the molecule is COc1cccc(-c2nnc(N[S+]([O-])C(C)C(OC)c3ncc(Cl)cn3)n2[C@@H](C)c2cncc(F)c2)n1. The zero-order valence-electron chi connectivity index (χ0n) is 20.4. The number of methoxy groups -OCH3 is 2. The normalized spacial score (nSPS) is 14.6. The van der Waals surface area contributed by atoms with E-state index in [1.54, 1.807) is 35.9 Å². The highest BCUT2D eigenvalue weighted by Crippen LogP contribution is 2.31. The van der Waals surface area contributed by atoms with Gasteiger partial charge in [0, 0.05) is 31.8 Å². The van der Waals surface area contributed by atoms with Gasteiger partial charge in [-0.3, -0.25) is 9.55 Å². The molecular formula is C23H24ClFN8O3S. The van der Waals surface area contributed by atoms with E-state index in [1.165, 1.54) is 32.7 Å². The zero-order valence-corrected chi connectivity index (χ0v) is 21.9. The number of hydrogen-bond donors (Lipinski definition) is 1. The predicted octanol–water partition coefficient (Wildman–Crippen LogP) is 3.79. The van der Waals surface area contributed by atoms with Gasteiger partial charge in [-0.25, -0.2) is 19.3 Å². The quantitative estimate of drug-likeness (QED) is 0.292. The van der Waals surface area contributed by atoms with Crippen LogP contribution < -0.4 is 9.46 Å². The van der Waals surface area contributed by atoms with Gasteiger partial charge >= 0.3 is 0 Å². The Labute approximate surface area is 220 Å². The number of aromatic nitrogens is 7. The van der Waals surface area contributed by atoms with Crippen LogP contribution in [-0.4, -0.2) is 58.7 Å². The first-order valence-electron chi connectivity index (χ1n) is 11.1. The average molecular weight is 547 g/mol. The lowest BCUT2D eigenvalue weighted by atomic mass is 10.1. The minimum atomic E-state index is -1.73. The van der Waals surface area contributed by atoms with Crippen LogP contribution in [0, 0.1) is 5.82 Å². The van der Waals surface area contributed by atoms with E-state index in [1.807, 2.05) is 6.92 Å². The topological polar surface area (TPSA) is 136 Å². The first kappa shape index (κ1) is 26.7. The average Bonchev–Trinajstić information content (AvgIpc) is 3.33. The second kappa shape index (κ2) is 11.8. The molecule has 0 aliphatic rings. The molecule has 0 saturated heterocycles. The number of nitrogens with zero attached hydrogens (tertiary/aromatic N) is 7. The Bertz CT molecular complexity index is 1350. The van der Waals surface area contributed by atoms with Crippen molar-refractivity contribution in [1.29, 1.82) is 0 Å². The van der Waals surface area contributed by atoms with Crippen molar-refractivity contribution < 1.29 is 18.4 Å². The van der Waals surface area contributed by atoms with Gasteiger partial charge in [0.05, 0.1) is 35.7 Å². The molecule has 0 aliphatic carbocycles. The summed E-state index contributed by atoms with van der Waals surface area (Å²) >= 11 is 4.16. The van der Waals surface area contributed by atoms with Crippen LogP contribution in [0.2, 0.25) is 5.02 Å². The molecule has 4 atom stereocenters. The second-order valence-electron chi connectivity index (χ2n) is 7.92. The van der Waals surface area contributed by atoms with Crippen LogP contribution in [0.4, 0.5) is 10.3 Å². The first-order valence-corrected chi connectivity index (χ1v) is 12.7. The fourth-order valence-corrected chi connectivity index (χ4v) is 4.69. The second-order valence-corrected chi connectivity index (χ2v) is 9.89. The van der Waals surface area contributed by atoms with E-state index < -0.39 is 34.6 Å². The maximum absolute atomic E-state index is 14.0. The van der Waals surface area contributed by atoms with Crippen LogP contribution in [0.15, 0.2) is 49.1 Å². The number of pyridine rings is 2. The van der Waals surface area contributed by atoms with Crippen LogP contribution in [0.25, 0.3) is 11.5 Å². The summed E-state index contributed by atoms with van der Waals surface area (Å²) in [7, 11) is 2.98. The molecule has 0 radical (unpaired) electrons. The largest absolute Gasteiger partial charge is 0.593 e. The van der Waals surface area contributed by atoms with Crippen molar-refractivity contribution in [2.24, 2.45) is 0 Å². The summed E-state index contributed by atoms with van der Waals surface area (Å²) in [6.07, 6.45) is 4.84. The van der Waals surface area contributed by atoms with Crippen LogP contribution in [0.3, 0.4) is 0 Å². The van der Waals surface area contributed by atoms with Crippen LogP contribution in [0.1, 0.15) is 37.4 Å². The van der Waals surface area contributed by atoms with Crippen molar-refractivity contribution in [3.8, 4) is 17.4 Å². The van der Waals surface area contributed by atoms with Crippen LogP contribution in [-0.2, 0) is 16.1 Å². The molecule has 0 saturated carbocycles. The maximum Gasteiger partial charge on any atom is 0.267 e. The van der Waals surface area contributed by atoms with Crippen molar-refractivity contribution in [3.05, 3.63) is 71.3 Å². The number of nitrogens with one attached hydrogen (secondary N) is 1. The van der Waals surface area contributed by atoms with Crippen molar-refractivity contribution in [3.63, 3.8) is 0 Å². The third-order valence-electron chi connectivity index (χ3n) is 5.56. The number of rotatable bonds is 10. The van der Waals surface area contributed by atoms with Gasteiger partial charge in [-0.15, -0.1) is 10.2 Å². The summed E-state index contributed by atoms with van der Waals surface area (Å²) in [4.78, 5) is 16.8. The van der Waals surface area contributed by atoms with Crippen LogP contribution >= 0.6 is 11.6 Å². The third-order valence-corrected chi connectivity index (χ3v) is 7.06. The lowest BCUT2D eigenvalue weighted by molar-refractivity contribution is 0.0950. The Morgan fingerprint density at radius 3 is 2.54 bits per heavy atom. The smallest absolute Gasteiger partial charge is 0.267 e. The van der Waals surface area contributed by atoms with Gasteiger partial charge in [0.2, 0.25) is 5.88 Å². The monoisotopic (exact) mass is 546 g/mol. The van der Waals surface area contributed by atoms with Gasteiger partial charge in [-0.2, -0.15) is 4.72 Å². The van der Waals surface area contributed by atoms with Gasteiger partial charge in [0.1, 0.15) is 11.5 Å². The zero-order chi connectivity index (χ0) is 26.5. The molecular weight excluding hydrogens is 523 g/mol. The minimum Gasteiger partial charge on any atom is -0.593 e. The molecule has 1 N–H and O–H groups in total. The number of anilines is 1. The molecule has 0 amide bonds. The predicted molar refractivity (Wildman–Crippen MR) is 136 cm³/mol. The summed E-state index contributed by atoms with van der Waals surface area (Å²) < 4.78 is 42.8. The summed E-state index contributed by atoms with van der Waals surface area (Å²) in [5.41, 5.74) is 1.01. The van der Waals surface area contributed by atoms with Crippen molar-refractivity contribution in [2.45, 2.75) is 31.2 Å². The van der Waals surface area contributed by atoms with Gasteiger partial charge < -0.3 is 14.0 Å². The van der Waals surface area contributed by atoms with E-state index in [0.717, 1.165) is 6.20 Å². The highest BCUT2D eigenvalue weighted by molar-refractivity contribution is 7.93. The first-order chi connectivity index (χ1) is 17.8.